The van der Waals surface area contributed by atoms with E-state index in [0.717, 1.165) is 11.3 Å². The highest BCUT2D eigenvalue weighted by molar-refractivity contribution is 6.35. The summed E-state index contributed by atoms with van der Waals surface area (Å²) in [5.74, 6) is 5.58. The van der Waals surface area contributed by atoms with E-state index >= 15 is 0 Å². The number of pyridine rings is 1. The Hall–Kier alpha value is -0.840. The zero-order valence-corrected chi connectivity index (χ0v) is 12.2. The van der Waals surface area contributed by atoms with E-state index in [-0.39, 0.29) is 6.04 Å². The van der Waals surface area contributed by atoms with Crippen molar-refractivity contribution in [2.24, 2.45) is 5.84 Å². The van der Waals surface area contributed by atoms with Crippen LogP contribution < -0.4 is 11.3 Å². The van der Waals surface area contributed by atoms with Gasteiger partial charge < -0.3 is 0 Å². The van der Waals surface area contributed by atoms with Gasteiger partial charge in [-0.2, -0.15) is 0 Å². The maximum Gasteiger partial charge on any atom is 0.0672 e. The minimum absolute atomic E-state index is 0.143. The van der Waals surface area contributed by atoms with Gasteiger partial charge >= 0.3 is 0 Å². The SMILES string of the molecule is NNC(Cc1ccc(Cl)cc1Cl)c1ccc(Cl)cn1. The molecule has 100 valence electrons. The number of hydrogen-bond acceptors (Lipinski definition) is 3. The molecule has 1 unspecified atom stereocenters. The van der Waals surface area contributed by atoms with Crippen molar-refractivity contribution in [2.45, 2.75) is 12.5 Å². The number of nitrogens with two attached hydrogens (primary N) is 1. The fraction of sp³-hybridized carbons (Fsp3) is 0.154. The van der Waals surface area contributed by atoms with Crippen molar-refractivity contribution < 1.29 is 0 Å². The van der Waals surface area contributed by atoms with Crippen molar-refractivity contribution in [1.29, 1.82) is 0 Å². The summed E-state index contributed by atoms with van der Waals surface area (Å²) in [4.78, 5) is 4.25. The first kappa shape index (κ1) is 14.6. The zero-order chi connectivity index (χ0) is 13.8. The van der Waals surface area contributed by atoms with E-state index in [1.807, 2.05) is 12.1 Å². The number of nitrogens with zero attached hydrogens (tertiary/aromatic N) is 1. The molecule has 0 saturated carbocycles. The third-order valence-corrected chi connectivity index (χ3v) is 3.56. The maximum atomic E-state index is 6.15. The van der Waals surface area contributed by atoms with Crippen molar-refractivity contribution in [3.63, 3.8) is 0 Å². The van der Waals surface area contributed by atoms with Crippen LogP contribution in [0.1, 0.15) is 17.3 Å². The Balaban J connectivity index is 2.21. The van der Waals surface area contributed by atoms with Gasteiger partial charge in [-0.1, -0.05) is 40.9 Å². The topological polar surface area (TPSA) is 50.9 Å². The summed E-state index contributed by atoms with van der Waals surface area (Å²) < 4.78 is 0. The number of halogens is 3. The summed E-state index contributed by atoms with van der Waals surface area (Å²) >= 11 is 17.8. The second-order valence-corrected chi connectivity index (χ2v) is 5.34. The summed E-state index contributed by atoms with van der Waals surface area (Å²) in [5, 5.41) is 1.81. The molecule has 19 heavy (non-hydrogen) atoms. The largest absolute Gasteiger partial charge is 0.271 e. The van der Waals surface area contributed by atoms with Crippen LogP contribution in [0.2, 0.25) is 15.1 Å². The first-order valence-electron chi connectivity index (χ1n) is 5.61. The molecule has 0 fully saturated rings. The summed E-state index contributed by atoms with van der Waals surface area (Å²) in [6, 6.07) is 8.85. The summed E-state index contributed by atoms with van der Waals surface area (Å²) in [7, 11) is 0. The molecule has 1 aromatic carbocycles. The van der Waals surface area contributed by atoms with Crippen LogP contribution in [0, 0.1) is 0 Å². The van der Waals surface area contributed by atoms with Gasteiger partial charge in [0.25, 0.3) is 0 Å². The Morgan fingerprint density at radius 1 is 1.11 bits per heavy atom. The fourth-order valence-corrected chi connectivity index (χ4v) is 2.35. The van der Waals surface area contributed by atoms with Crippen molar-refractivity contribution in [1.82, 2.24) is 10.4 Å². The molecular formula is C13H12Cl3N3. The molecule has 0 amide bonds. The molecule has 1 atom stereocenters. The van der Waals surface area contributed by atoms with Crippen LogP contribution in [0.5, 0.6) is 0 Å². The third-order valence-electron chi connectivity index (χ3n) is 2.75. The number of hydrazine groups is 1. The van der Waals surface area contributed by atoms with Gasteiger partial charge in [0.1, 0.15) is 0 Å². The van der Waals surface area contributed by atoms with Gasteiger partial charge in [-0.25, -0.2) is 0 Å². The lowest BCUT2D eigenvalue weighted by atomic mass is 10.0. The fourth-order valence-electron chi connectivity index (χ4n) is 1.75. The predicted molar refractivity (Wildman–Crippen MR) is 79.5 cm³/mol. The van der Waals surface area contributed by atoms with Gasteiger partial charge in [0.05, 0.1) is 16.8 Å². The number of nitrogens with one attached hydrogen (secondary N) is 1. The van der Waals surface area contributed by atoms with Crippen LogP contribution in [-0.4, -0.2) is 4.98 Å². The highest BCUT2D eigenvalue weighted by Gasteiger charge is 2.14. The molecule has 3 nitrogen and oxygen atoms in total. The lowest BCUT2D eigenvalue weighted by Gasteiger charge is -2.16. The molecule has 0 aliphatic heterocycles. The van der Waals surface area contributed by atoms with E-state index in [0.29, 0.717) is 21.5 Å². The summed E-state index contributed by atoms with van der Waals surface area (Å²) in [6.07, 6.45) is 2.20. The van der Waals surface area contributed by atoms with Gasteiger partial charge in [-0.05, 0) is 36.2 Å². The van der Waals surface area contributed by atoms with E-state index in [4.69, 9.17) is 40.6 Å². The van der Waals surface area contributed by atoms with E-state index < -0.39 is 0 Å². The summed E-state index contributed by atoms with van der Waals surface area (Å²) in [6.45, 7) is 0. The van der Waals surface area contributed by atoms with Gasteiger partial charge in [0.2, 0.25) is 0 Å². The molecule has 1 aromatic heterocycles. The van der Waals surface area contributed by atoms with Crippen LogP contribution in [0.25, 0.3) is 0 Å². The third kappa shape index (κ3) is 3.81. The van der Waals surface area contributed by atoms with Gasteiger partial charge in [-0.3, -0.25) is 16.3 Å². The zero-order valence-electron chi connectivity index (χ0n) is 9.91. The standard InChI is InChI=1S/C13H12Cl3N3/c14-9-2-1-8(11(16)6-9)5-13(19-17)12-4-3-10(15)7-18-12/h1-4,6-7,13,19H,5,17H2. The Morgan fingerprint density at radius 3 is 2.42 bits per heavy atom. The van der Waals surface area contributed by atoms with E-state index in [9.17, 15) is 0 Å². The molecular weight excluding hydrogens is 305 g/mol. The highest BCUT2D eigenvalue weighted by atomic mass is 35.5. The van der Waals surface area contributed by atoms with Gasteiger partial charge in [0, 0.05) is 16.2 Å². The van der Waals surface area contributed by atoms with E-state index in [1.165, 1.54) is 0 Å². The van der Waals surface area contributed by atoms with Gasteiger partial charge in [-0.15, -0.1) is 0 Å². The van der Waals surface area contributed by atoms with Crippen LogP contribution in [-0.2, 0) is 6.42 Å². The first-order valence-corrected chi connectivity index (χ1v) is 6.75. The molecule has 0 bridgehead atoms. The predicted octanol–water partition coefficient (Wildman–Crippen LogP) is 3.79. The van der Waals surface area contributed by atoms with Crippen molar-refractivity contribution >= 4 is 34.8 Å². The Kier molecular flexibility index (Phi) is 5.02. The summed E-state index contributed by atoms with van der Waals surface area (Å²) in [5.41, 5.74) is 4.48. The van der Waals surface area contributed by atoms with Crippen molar-refractivity contribution in [3.05, 3.63) is 62.9 Å². The molecule has 6 heteroatoms. The van der Waals surface area contributed by atoms with E-state index in [2.05, 4.69) is 10.4 Å². The second-order valence-electron chi connectivity index (χ2n) is 4.06. The first-order chi connectivity index (χ1) is 9.10. The quantitative estimate of drug-likeness (QED) is 0.666. The lowest BCUT2D eigenvalue weighted by Crippen LogP contribution is -2.30. The normalized spacial score (nSPS) is 12.4. The molecule has 0 spiro atoms. The highest BCUT2D eigenvalue weighted by Crippen LogP contribution is 2.25. The Morgan fingerprint density at radius 2 is 1.84 bits per heavy atom. The molecule has 3 N–H and O–H groups in total. The number of hydrogen-bond donors (Lipinski definition) is 2. The van der Waals surface area contributed by atoms with Crippen molar-refractivity contribution in [3.8, 4) is 0 Å². The van der Waals surface area contributed by atoms with Crippen LogP contribution >= 0.6 is 34.8 Å². The molecule has 2 rings (SSSR count). The molecule has 0 radical (unpaired) electrons. The number of benzene rings is 1. The minimum Gasteiger partial charge on any atom is -0.271 e. The number of rotatable bonds is 4. The lowest BCUT2D eigenvalue weighted by molar-refractivity contribution is 0.538. The molecule has 0 aliphatic rings. The monoisotopic (exact) mass is 315 g/mol. The molecule has 1 heterocycles. The van der Waals surface area contributed by atoms with Gasteiger partial charge in [0.15, 0.2) is 0 Å². The molecule has 0 aliphatic carbocycles. The van der Waals surface area contributed by atoms with Crippen molar-refractivity contribution in [2.75, 3.05) is 0 Å². The smallest absolute Gasteiger partial charge is 0.0672 e. The minimum atomic E-state index is -0.143. The molecule has 0 saturated heterocycles. The van der Waals surface area contributed by atoms with E-state index in [1.54, 1.807) is 24.4 Å². The number of aromatic nitrogens is 1. The second kappa shape index (κ2) is 6.55. The average molecular weight is 317 g/mol. The van der Waals surface area contributed by atoms with Crippen LogP contribution in [0.4, 0.5) is 0 Å². The van der Waals surface area contributed by atoms with Crippen LogP contribution in [0.3, 0.4) is 0 Å². The Labute approximate surface area is 126 Å². The Bertz CT molecular complexity index is 558. The van der Waals surface area contributed by atoms with Crippen LogP contribution in [0.15, 0.2) is 36.5 Å². The maximum absolute atomic E-state index is 6.15. The molecule has 2 aromatic rings. The average Bonchev–Trinajstić information content (AvgIpc) is 2.39.